The minimum atomic E-state index is -3.81. The van der Waals surface area contributed by atoms with E-state index in [-0.39, 0.29) is 16.7 Å². The molecule has 20 heavy (non-hydrogen) atoms. The molecule has 0 aliphatic heterocycles. The van der Waals surface area contributed by atoms with E-state index in [9.17, 15) is 13.5 Å². The van der Waals surface area contributed by atoms with Gasteiger partial charge in [-0.1, -0.05) is 18.5 Å². The molecule has 0 atom stereocenters. The molecule has 0 radical (unpaired) electrons. The largest absolute Gasteiger partial charge is 0.394 e. The number of sulfonamides is 1. The number of halogens is 1. The van der Waals surface area contributed by atoms with Gasteiger partial charge >= 0.3 is 0 Å². The van der Waals surface area contributed by atoms with Gasteiger partial charge in [-0.05, 0) is 31.6 Å². The number of aryl methyl sites for hydroxylation is 1. The zero-order chi connectivity index (χ0) is 15.0. The highest BCUT2D eigenvalue weighted by Gasteiger charge is 2.39. The molecule has 0 saturated heterocycles. The molecular weight excluding hydrogens is 302 g/mol. The summed E-state index contributed by atoms with van der Waals surface area (Å²) in [6.07, 6.45) is 4.33. The second kappa shape index (κ2) is 5.63. The van der Waals surface area contributed by atoms with Gasteiger partial charge in [-0.15, -0.1) is 0 Å². The van der Waals surface area contributed by atoms with Crippen molar-refractivity contribution < 1.29 is 13.5 Å². The Morgan fingerprint density at radius 2 is 2.15 bits per heavy atom. The predicted octanol–water partition coefficient (Wildman–Crippen LogP) is 1.29. The molecule has 1 aromatic rings. The lowest BCUT2D eigenvalue weighted by Gasteiger charge is -2.38. The van der Waals surface area contributed by atoms with Crippen LogP contribution in [0.25, 0.3) is 0 Å². The molecule has 0 spiro atoms. The lowest BCUT2D eigenvalue weighted by atomic mass is 9.78. The Labute approximate surface area is 124 Å². The van der Waals surface area contributed by atoms with Gasteiger partial charge in [0.05, 0.1) is 23.4 Å². The number of hydrogen-bond acceptors (Lipinski definition) is 4. The second-order valence-electron chi connectivity index (χ2n) is 5.65. The Bertz CT molecular complexity index is 557. The summed E-state index contributed by atoms with van der Waals surface area (Å²) >= 11 is 5.89. The van der Waals surface area contributed by atoms with Crippen molar-refractivity contribution in [2.45, 2.75) is 43.2 Å². The fourth-order valence-corrected chi connectivity index (χ4v) is 4.75. The standard InChI is InChI=1S/C12H20ClN3O3S/c1-9-3-5-12(8-17,6-4-9)15-20(18,19)11-10(13)7-14-16(11)2/h7,9,15,17H,3-6,8H2,1-2H3. The van der Waals surface area contributed by atoms with Gasteiger partial charge in [0.25, 0.3) is 10.0 Å². The first-order valence-electron chi connectivity index (χ1n) is 6.62. The van der Waals surface area contributed by atoms with Crippen LogP contribution in [-0.4, -0.2) is 35.5 Å². The molecule has 0 amide bonds. The van der Waals surface area contributed by atoms with Gasteiger partial charge in [-0.3, -0.25) is 4.68 Å². The van der Waals surface area contributed by atoms with Crippen molar-refractivity contribution in [1.29, 1.82) is 0 Å². The molecule has 2 N–H and O–H groups in total. The zero-order valence-corrected chi connectivity index (χ0v) is 13.2. The van der Waals surface area contributed by atoms with Gasteiger partial charge in [0, 0.05) is 7.05 Å². The highest BCUT2D eigenvalue weighted by atomic mass is 35.5. The van der Waals surface area contributed by atoms with Crippen molar-refractivity contribution in [3.8, 4) is 0 Å². The summed E-state index contributed by atoms with van der Waals surface area (Å²) in [5.74, 6) is 0.555. The number of aliphatic hydroxyl groups excluding tert-OH is 1. The van der Waals surface area contributed by atoms with Crippen LogP contribution >= 0.6 is 11.6 Å². The summed E-state index contributed by atoms with van der Waals surface area (Å²) in [4.78, 5) is 0. The van der Waals surface area contributed by atoms with Crippen LogP contribution in [-0.2, 0) is 17.1 Å². The van der Waals surface area contributed by atoms with Crippen molar-refractivity contribution in [1.82, 2.24) is 14.5 Å². The minimum absolute atomic E-state index is 0.0642. The fraction of sp³-hybridized carbons (Fsp3) is 0.750. The highest BCUT2D eigenvalue weighted by Crippen LogP contribution is 2.33. The maximum atomic E-state index is 12.5. The normalized spacial score (nSPS) is 27.7. The van der Waals surface area contributed by atoms with E-state index in [1.54, 1.807) is 0 Å². The monoisotopic (exact) mass is 321 g/mol. The van der Waals surface area contributed by atoms with Crippen LogP contribution in [0.5, 0.6) is 0 Å². The summed E-state index contributed by atoms with van der Waals surface area (Å²) in [5, 5.41) is 13.5. The topological polar surface area (TPSA) is 84.2 Å². The first-order chi connectivity index (χ1) is 9.30. The van der Waals surface area contributed by atoms with Crippen molar-refractivity contribution in [2.75, 3.05) is 6.61 Å². The van der Waals surface area contributed by atoms with Crippen molar-refractivity contribution in [3.63, 3.8) is 0 Å². The number of aliphatic hydroxyl groups is 1. The van der Waals surface area contributed by atoms with Gasteiger partial charge in [0.2, 0.25) is 0 Å². The quantitative estimate of drug-likeness (QED) is 0.875. The first-order valence-corrected chi connectivity index (χ1v) is 8.48. The van der Waals surface area contributed by atoms with Crippen LogP contribution in [0.15, 0.2) is 11.2 Å². The average Bonchev–Trinajstić information content (AvgIpc) is 2.72. The maximum Gasteiger partial charge on any atom is 0.259 e. The van der Waals surface area contributed by atoms with Crippen LogP contribution in [0.1, 0.15) is 32.6 Å². The number of rotatable bonds is 4. The fourth-order valence-electron chi connectivity index (χ4n) is 2.64. The molecule has 1 saturated carbocycles. The molecule has 0 unspecified atom stereocenters. The molecule has 0 bridgehead atoms. The maximum absolute atomic E-state index is 12.5. The summed E-state index contributed by atoms with van der Waals surface area (Å²) in [6.45, 7) is 1.92. The van der Waals surface area contributed by atoms with Crippen LogP contribution < -0.4 is 4.72 Å². The molecule has 6 nitrogen and oxygen atoms in total. The molecule has 1 fully saturated rings. The summed E-state index contributed by atoms with van der Waals surface area (Å²) in [7, 11) is -2.28. The number of aromatic nitrogens is 2. The first kappa shape index (κ1) is 15.8. The van der Waals surface area contributed by atoms with E-state index in [1.165, 1.54) is 17.9 Å². The van der Waals surface area contributed by atoms with Gasteiger partial charge in [-0.25, -0.2) is 13.1 Å². The molecule has 8 heteroatoms. The van der Waals surface area contributed by atoms with E-state index in [0.29, 0.717) is 18.8 Å². The van der Waals surface area contributed by atoms with E-state index in [2.05, 4.69) is 16.7 Å². The van der Waals surface area contributed by atoms with Crippen LogP contribution in [0.2, 0.25) is 5.02 Å². The third kappa shape index (κ3) is 3.00. The van der Waals surface area contributed by atoms with Crippen LogP contribution in [0.3, 0.4) is 0 Å². The van der Waals surface area contributed by atoms with E-state index >= 15 is 0 Å². The molecule has 1 aromatic heterocycles. The SMILES string of the molecule is CC1CCC(CO)(NS(=O)(=O)c2c(Cl)cnn2C)CC1. The third-order valence-electron chi connectivity index (χ3n) is 3.98. The number of nitrogens with zero attached hydrogens (tertiary/aromatic N) is 2. The highest BCUT2D eigenvalue weighted by molar-refractivity contribution is 7.89. The van der Waals surface area contributed by atoms with Gasteiger partial charge in [0.1, 0.15) is 0 Å². The molecule has 1 aliphatic carbocycles. The Morgan fingerprint density at radius 1 is 1.55 bits per heavy atom. The Hall–Kier alpha value is -0.630. The summed E-state index contributed by atoms with van der Waals surface area (Å²) < 4.78 is 28.8. The van der Waals surface area contributed by atoms with Gasteiger partial charge in [0.15, 0.2) is 5.03 Å². The zero-order valence-electron chi connectivity index (χ0n) is 11.6. The molecule has 1 heterocycles. The average molecular weight is 322 g/mol. The van der Waals surface area contributed by atoms with Gasteiger partial charge in [-0.2, -0.15) is 5.10 Å². The van der Waals surface area contributed by atoms with Crippen LogP contribution in [0, 0.1) is 5.92 Å². The molecule has 1 aliphatic rings. The van der Waals surface area contributed by atoms with Crippen molar-refractivity contribution in [3.05, 3.63) is 11.2 Å². The molecule has 2 rings (SSSR count). The van der Waals surface area contributed by atoms with E-state index in [0.717, 1.165) is 12.8 Å². The Balaban J connectivity index is 2.27. The number of hydrogen-bond donors (Lipinski definition) is 2. The van der Waals surface area contributed by atoms with E-state index in [4.69, 9.17) is 11.6 Å². The van der Waals surface area contributed by atoms with Crippen molar-refractivity contribution in [2.24, 2.45) is 13.0 Å². The predicted molar refractivity (Wildman–Crippen MR) is 76.0 cm³/mol. The summed E-state index contributed by atoms with van der Waals surface area (Å²) in [6, 6.07) is 0. The van der Waals surface area contributed by atoms with Crippen LogP contribution in [0.4, 0.5) is 0 Å². The molecular formula is C12H20ClN3O3S. The third-order valence-corrected chi connectivity index (χ3v) is 6.07. The van der Waals surface area contributed by atoms with Crippen molar-refractivity contribution >= 4 is 21.6 Å². The Morgan fingerprint density at radius 3 is 2.60 bits per heavy atom. The van der Waals surface area contributed by atoms with E-state index < -0.39 is 15.6 Å². The Kier molecular flexibility index (Phi) is 4.44. The lowest BCUT2D eigenvalue weighted by molar-refractivity contribution is 0.125. The smallest absolute Gasteiger partial charge is 0.259 e. The lowest BCUT2D eigenvalue weighted by Crippen LogP contribution is -2.53. The number of nitrogens with one attached hydrogen (secondary N) is 1. The van der Waals surface area contributed by atoms with Gasteiger partial charge < -0.3 is 5.11 Å². The van der Waals surface area contributed by atoms with E-state index in [1.807, 2.05) is 0 Å². The molecule has 114 valence electrons. The second-order valence-corrected chi connectivity index (χ2v) is 7.65. The molecule has 0 aromatic carbocycles. The summed E-state index contributed by atoms with van der Waals surface area (Å²) in [5.41, 5.74) is -0.793. The minimum Gasteiger partial charge on any atom is -0.394 e.